The van der Waals surface area contributed by atoms with Gasteiger partial charge in [0.05, 0.1) is 18.3 Å². The van der Waals surface area contributed by atoms with Crippen molar-refractivity contribution in [3.8, 4) is 0 Å². The molecule has 0 spiro atoms. The molecule has 11 atom stereocenters. The summed E-state index contributed by atoms with van der Waals surface area (Å²) in [7, 11) is 0. The van der Waals surface area contributed by atoms with E-state index in [1.165, 1.54) is 0 Å². The van der Waals surface area contributed by atoms with Crippen molar-refractivity contribution in [1.82, 2.24) is 0 Å². The lowest BCUT2D eigenvalue weighted by Gasteiger charge is -2.63. The van der Waals surface area contributed by atoms with Crippen LogP contribution in [0.25, 0.3) is 0 Å². The minimum Gasteiger partial charge on any atom is -0.481 e. The Labute approximate surface area is 174 Å². The summed E-state index contributed by atoms with van der Waals surface area (Å²) in [4.78, 5) is 11.1. The summed E-state index contributed by atoms with van der Waals surface area (Å²) >= 11 is 0. The zero-order valence-corrected chi connectivity index (χ0v) is 18.3. The fourth-order valence-corrected chi connectivity index (χ4v) is 8.77. The van der Waals surface area contributed by atoms with Crippen LogP contribution in [0.15, 0.2) is 0 Å². The van der Waals surface area contributed by atoms with Crippen molar-refractivity contribution in [3.63, 3.8) is 0 Å². The molecule has 4 aliphatic carbocycles. The lowest BCUT2D eigenvalue weighted by Crippen LogP contribution is -2.64. The van der Waals surface area contributed by atoms with E-state index in [0.29, 0.717) is 30.1 Å². The summed E-state index contributed by atoms with van der Waals surface area (Å²) in [5, 5.41) is 41.7. The Morgan fingerprint density at radius 1 is 0.931 bits per heavy atom. The second-order valence-corrected chi connectivity index (χ2v) is 11.5. The number of aliphatic hydroxyl groups is 3. The Hall–Kier alpha value is -0.650. The Balaban J connectivity index is 1.59. The summed E-state index contributed by atoms with van der Waals surface area (Å²) in [6.45, 7) is 6.89. The van der Waals surface area contributed by atoms with Crippen LogP contribution >= 0.6 is 0 Å². The van der Waals surface area contributed by atoms with Crippen molar-refractivity contribution in [1.29, 1.82) is 0 Å². The van der Waals surface area contributed by atoms with Gasteiger partial charge < -0.3 is 20.4 Å². The topological polar surface area (TPSA) is 98.0 Å². The molecule has 0 aromatic rings. The normalized spacial score (nSPS) is 52.9. The van der Waals surface area contributed by atoms with Gasteiger partial charge in [-0.25, -0.2) is 0 Å². The van der Waals surface area contributed by atoms with E-state index in [0.717, 1.165) is 44.9 Å². The Kier molecular flexibility index (Phi) is 5.57. The molecule has 4 saturated carbocycles. The third-order valence-corrected chi connectivity index (χ3v) is 10.3. The van der Waals surface area contributed by atoms with Crippen LogP contribution in [0.4, 0.5) is 0 Å². The van der Waals surface area contributed by atoms with Gasteiger partial charge in [-0.3, -0.25) is 4.79 Å². The number of hydrogen-bond acceptors (Lipinski definition) is 4. The van der Waals surface area contributed by atoms with Gasteiger partial charge in [-0.1, -0.05) is 20.8 Å². The first-order chi connectivity index (χ1) is 13.6. The first kappa shape index (κ1) is 21.6. The second kappa shape index (κ2) is 7.49. The lowest BCUT2D eigenvalue weighted by molar-refractivity contribution is -0.223. The number of carbonyl (C=O) groups is 1. The SMILES string of the molecule is CC(CCC(=O)O)[C@H]1CCC2C3C(O)[C@H](O)[C@@H]4C[C@H](O)CC[C@]4(C)C3CC[C@@]21C. The number of aliphatic carboxylic acids is 1. The maximum Gasteiger partial charge on any atom is 0.303 e. The van der Waals surface area contributed by atoms with Crippen molar-refractivity contribution < 1.29 is 25.2 Å². The van der Waals surface area contributed by atoms with Gasteiger partial charge in [0, 0.05) is 6.42 Å². The van der Waals surface area contributed by atoms with Crippen LogP contribution in [-0.4, -0.2) is 44.7 Å². The Morgan fingerprint density at radius 2 is 1.59 bits per heavy atom. The zero-order chi connectivity index (χ0) is 21.1. The third-order valence-electron chi connectivity index (χ3n) is 10.3. The van der Waals surface area contributed by atoms with Crippen LogP contribution < -0.4 is 0 Å². The maximum atomic E-state index is 11.3. The fourth-order valence-electron chi connectivity index (χ4n) is 8.77. The van der Waals surface area contributed by atoms with E-state index in [9.17, 15) is 20.1 Å². The van der Waals surface area contributed by atoms with Gasteiger partial charge in [0.25, 0.3) is 0 Å². The quantitative estimate of drug-likeness (QED) is 0.571. The van der Waals surface area contributed by atoms with Crippen LogP contribution in [-0.2, 0) is 4.79 Å². The van der Waals surface area contributed by atoms with Crippen LogP contribution in [0.5, 0.6) is 0 Å². The predicted octanol–water partition coefficient (Wildman–Crippen LogP) is 3.45. The standard InChI is InChI=1S/C24H40O5/c1-13(4-7-19(26)27)15-5-6-16-20-17(9-11-23(15,16)2)24(3)10-8-14(25)12-18(24)21(28)22(20)29/h13-18,20-22,25,28-29H,4-12H2,1-3H3,(H,26,27)/t13?,14-,15-,16?,17?,18+,20?,21-,22?,23-,24-/m1/s1. The molecule has 5 heteroatoms. The summed E-state index contributed by atoms with van der Waals surface area (Å²) in [5.74, 6) is 1.06. The van der Waals surface area contributed by atoms with Crippen LogP contribution in [0.3, 0.4) is 0 Å². The fraction of sp³-hybridized carbons (Fsp3) is 0.958. The van der Waals surface area contributed by atoms with Crippen molar-refractivity contribution in [2.24, 2.45) is 46.3 Å². The highest BCUT2D eigenvalue weighted by molar-refractivity contribution is 5.66. The first-order valence-corrected chi connectivity index (χ1v) is 11.9. The molecule has 0 heterocycles. The molecule has 4 N–H and O–H groups in total. The predicted molar refractivity (Wildman–Crippen MR) is 110 cm³/mol. The number of hydrogen-bond donors (Lipinski definition) is 4. The molecule has 0 aromatic heterocycles. The van der Waals surface area contributed by atoms with Crippen LogP contribution in [0.2, 0.25) is 0 Å². The first-order valence-electron chi connectivity index (χ1n) is 11.9. The van der Waals surface area contributed by atoms with E-state index >= 15 is 0 Å². The number of carboxylic acid groups (broad SMARTS) is 1. The third kappa shape index (κ3) is 3.27. The van der Waals surface area contributed by atoms with E-state index in [1.54, 1.807) is 0 Å². The molecular formula is C24H40O5. The van der Waals surface area contributed by atoms with E-state index in [4.69, 9.17) is 5.11 Å². The summed E-state index contributed by atoms with van der Waals surface area (Å²) in [6.07, 6.45) is 5.87. The van der Waals surface area contributed by atoms with E-state index in [1.807, 2.05) is 0 Å². The molecule has 29 heavy (non-hydrogen) atoms. The van der Waals surface area contributed by atoms with Gasteiger partial charge in [-0.05, 0) is 97.7 Å². The molecular weight excluding hydrogens is 368 g/mol. The number of rotatable bonds is 4. The number of fused-ring (bicyclic) bond motifs is 5. The van der Waals surface area contributed by atoms with Crippen LogP contribution in [0.1, 0.15) is 78.6 Å². The van der Waals surface area contributed by atoms with Gasteiger partial charge in [0.1, 0.15) is 0 Å². The van der Waals surface area contributed by atoms with E-state index < -0.39 is 18.2 Å². The van der Waals surface area contributed by atoms with Crippen molar-refractivity contribution >= 4 is 5.97 Å². The second-order valence-electron chi connectivity index (χ2n) is 11.5. The molecule has 0 aliphatic heterocycles. The number of carboxylic acids is 1. The Bertz CT molecular complexity index is 637. The highest BCUT2D eigenvalue weighted by Crippen LogP contribution is 2.68. The molecule has 166 valence electrons. The monoisotopic (exact) mass is 408 g/mol. The van der Waals surface area contributed by atoms with E-state index in [2.05, 4.69) is 20.8 Å². The van der Waals surface area contributed by atoms with Crippen LogP contribution in [0, 0.1) is 46.3 Å². The minimum absolute atomic E-state index is 0.00309. The van der Waals surface area contributed by atoms with E-state index in [-0.39, 0.29) is 35.2 Å². The average molecular weight is 409 g/mol. The van der Waals surface area contributed by atoms with Crippen molar-refractivity contribution in [2.75, 3.05) is 0 Å². The molecule has 0 saturated heterocycles. The largest absolute Gasteiger partial charge is 0.481 e. The van der Waals surface area contributed by atoms with Gasteiger partial charge >= 0.3 is 5.97 Å². The Morgan fingerprint density at radius 3 is 2.28 bits per heavy atom. The molecule has 4 fully saturated rings. The number of aliphatic hydroxyl groups excluding tert-OH is 3. The van der Waals surface area contributed by atoms with Crippen molar-refractivity contribution in [3.05, 3.63) is 0 Å². The summed E-state index contributed by atoms with van der Waals surface area (Å²) in [5.41, 5.74) is 0.119. The lowest BCUT2D eigenvalue weighted by atomic mass is 9.43. The molecule has 4 rings (SSSR count). The molecule has 5 unspecified atom stereocenters. The van der Waals surface area contributed by atoms with Gasteiger partial charge in [0.2, 0.25) is 0 Å². The summed E-state index contributed by atoms with van der Waals surface area (Å²) in [6, 6.07) is 0. The molecule has 4 aliphatic rings. The highest BCUT2D eigenvalue weighted by Gasteiger charge is 2.65. The molecule has 0 amide bonds. The smallest absolute Gasteiger partial charge is 0.303 e. The maximum absolute atomic E-state index is 11.3. The molecule has 5 nitrogen and oxygen atoms in total. The van der Waals surface area contributed by atoms with Crippen molar-refractivity contribution in [2.45, 2.75) is 96.9 Å². The molecule has 0 radical (unpaired) electrons. The van der Waals surface area contributed by atoms with Gasteiger partial charge in [0.15, 0.2) is 0 Å². The highest BCUT2D eigenvalue weighted by atomic mass is 16.4. The van der Waals surface area contributed by atoms with Gasteiger partial charge in [-0.2, -0.15) is 0 Å². The molecule has 0 aromatic carbocycles. The summed E-state index contributed by atoms with van der Waals surface area (Å²) < 4.78 is 0. The average Bonchev–Trinajstić information content (AvgIpc) is 3.02. The minimum atomic E-state index is -0.748. The van der Waals surface area contributed by atoms with Gasteiger partial charge in [-0.15, -0.1) is 0 Å². The zero-order valence-electron chi connectivity index (χ0n) is 18.3. The molecule has 0 bridgehead atoms.